The zero-order chi connectivity index (χ0) is 23.7. The molecule has 0 aliphatic carbocycles. The van der Waals surface area contributed by atoms with Crippen LogP contribution >= 0.6 is 0 Å². The fourth-order valence-corrected chi connectivity index (χ4v) is 4.34. The molecule has 6 nitrogen and oxygen atoms in total. The van der Waals surface area contributed by atoms with Crippen molar-refractivity contribution >= 4 is 23.1 Å². The third-order valence-corrected chi connectivity index (χ3v) is 6.25. The molecule has 1 N–H and O–H groups in total. The quantitative estimate of drug-likeness (QED) is 0.580. The molecule has 5 rings (SSSR count). The molecule has 0 spiro atoms. The largest absolute Gasteiger partial charge is 0.454 e. The van der Waals surface area contributed by atoms with E-state index in [9.17, 15) is 9.18 Å². The minimum Gasteiger partial charge on any atom is -0.454 e. The Bertz CT molecular complexity index is 1250. The number of para-hydroxylation sites is 2. The Morgan fingerprint density at radius 3 is 2.47 bits per heavy atom. The molecule has 0 saturated carbocycles. The third-order valence-electron chi connectivity index (χ3n) is 6.25. The van der Waals surface area contributed by atoms with Gasteiger partial charge in [0.15, 0.2) is 5.75 Å². The van der Waals surface area contributed by atoms with Crippen LogP contribution in [0.1, 0.15) is 29.8 Å². The lowest BCUT2D eigenvalue weighted by Crippen LogP contribution is -2.50. The minimum atomic E-state index is -0.557. The molecule has 0 atom stereocenters. The molecular weight excluding hydrogens is 431 g/mol. The van der Waals surface area contributed by atoms with Crippen molar-refractivity contribution in [1.82, 2.24) is 9.80 Å². The molecule has 174 valence electrons. The van der Waals surface area contributed by atoms with Crippen molar-refractivity contribution in [3.8, 4) is 11.5 Å². The van der Waals surface area contributed by atoms with E-state index in [0.717, 1.165) is 43.3 Å². The van der Waals surface area contributed by atoms with Gasteiger partial charge in [0.25, 0.3) is 5.91 Å². The molecule has 1 fully saturated rings. The van der Waals surface area contributed by atoms with Crippen LogP contribution in [0.15, 0.2) is 71.7 Å². The van der Waals surface area contributed by atoms with E-state index in [1.807, 2.05) is 36.4 Å². The normalized spacial score (nSPS) is 15.6. The zero-order valence-corrected chi connectivity index (χ0v) is 19.3. The maximum absolute atomic E-state index is 14.1. The molecule has 0 bridgehead atoms. The van der Waals surface area contributed by atoms with Crippen LogP contribution in [-0.2, 0) is 0 Å². The van der Waals surface area contributed by atoms with Crippen molar-refractivity contribution in [1.29, 1.82) is 0 Å². The number of fused-ring (bicyclic) bond motifs is 2. The van der Waals surface area contributed by atoms with Crippen molar-refractivity contribution in [2.45, 2.75) is 19.9 Å². The van der Waals surface area contributed by atoms with E-state index < -0.39 is 11.7 Å². The molecule has 0 aromatic heterocycles. The first kappa shape index (κ1) is 22.1. The number of rotatable bonds is 3. The van der Waals surface area contributed by atoms with Gasteiger partial charge in [0.1, 0.15) is 23.1 Å². The van der Waals surface area contributed by atoms with Gasteiger partial charge in [-0.15, -0.1) is 0 Å². The number of hydrogen-bond acceptors (Lipinski definition) is 5. The number of carbonyl (C=O) groups is 1. The number of amides is 1. The average molecular weight is 459 g/mol. The van der Waals surface area contributed by atoms with Crippen LogP contribution in [0.4, 0.5) is 15.8 Å². The van der Waals surface area contributed by atoms with E-state index in [1.165, 1.54) is 12.1 Å². The summed E-state index contributed by atoms with van der Waals surface area (Å²) in [4.78, 5) is 22.4. The number of piperazine rings is 1. The lowest BCUT2D eigenvalue weighted by molar-refractivity contribution is 0.102. The summed E-state index contributed by atoms with van der Waals surface area (Å²) in [5.74, 6) is 1.10. The monoisotopic (exact) mass is 458 g/mol. The number of halogens is 1. The smallest absolute Gasteiger partial charge is 0.258 e. The lowest BCUT2D eigenvalue weighted by atomic mass is 10.1. The Kier molecular flexibility index (Phi) is 6.02. The highest BCUT2D eigenvalue weighted by atomic mass is 19.1. The molecular formula is C27H27FN4O2. The van der Waals surface area contributed by atoms with E-state index in [1.54, 1.807) is 18.2 Å². The summed E-state index contributed by atoms with van der Waals surface area (Å²) in [6, 6.07) is 19.6. The second-order valence-electron chi connectivity index (χ2n) is 8.77. The van der Waals surface area contributed by atoms with Crippen LogP contribution in [0.5, 0.6) is 11.5 Å². The Morgan fingerprint density at radius 1 is 0.971 bits per heavy atom. The molecule has 2 aliphatic heterocycles. The highest BCUT2D eigenvalue weighted by Gasteiger charge is 2.27. The summed E-state index contributed by atoms with van der Waals surface area (Å²) >= 11 is 0. The van der Waals surface area contributed by atoms with Crippen molar-refractivity contribution in [3.05, 3.63) is 83.7 Å². The number of anilines is 1. The third kappa shape index (κ3) is 4.39. The molecule has 34 heavy (non-hydrogen) atoms. The van der Waals surface area contributed by atoms with E-state index >= 15 is 0 Å². The Morgan fingerprint density at radius 2 is 1.71 bits per heavy atom. The molecule has 7 heteroatoms. The van der Waals surface area contributed by atoms with E-state index in [4.69, 9.17) is 9.73 Å². The van der Waals surface area contributed by atoms with Gasteiger partial charge in [0.2, 0.25) is 0 Å². The summed E-state index contributed by atoms with van der Waals surface area (Å²) < 4.78 is 20.3. The van der Waals surface area contributed by atoms with Gasteiger partial charge in [-0.1, -0.05) is 24.3 Å². The Balaban J connectivity index is 1.50. The molecule has 0 radical (unpaired) electrons. The van der Waals surface area contributed by atoms with Crippen molar-refractivity contribution in [3.63, 3.8) is 0 Å². The van der Waals surface area contributed by atoms with Crippen LogP contribution in [0.25, 0.3) is 0 Å². The van der Waals surface area contributed by atoms with Crippen molar-refractivity contribution in [2.75, 3.05) is 31.5 Å². The average Bonchev–Trinajstić information content (AvgIpc) is 3.01. The molecule has 3 aromatic rings. The second kappa shape index (κ2) is 9.27. The molecule has 2 aliphatic rings. The van der Waals surface area contributed by atoms with Gasteiger partial charge in [-0.05, 0) is 56.3 Å². The van der Waals surface area contributed by atoms with Gasteiger partial charge in [-0.2, -0.15) is 0 Å². The van der Waals surface area contributed by atoms with Gasteiger partial charge in [-0.3, -0.25) is 9.69 Å². The molecule has 1 saturated heterocycles. The van der Waals surface area contributed by atoms with Gasteiger partial charge in [-0.25, -0.2) is 9.38 Å². The van der Waals surface area contributed by atoms with Crippen LogP contribution in [0, 0.1) is 5.82 Å². The van der Waals surface area contributed by atoms with Crippen LogP contribution < -0.4 is 10.1 Å². The predicted molar refractivity (Wildman–Crippen MR) is 132 cm³/mol. The second-order valence-corrected chi connectivity index (χ2v) is 8.77. The first-order valence-electron chi connectivity index (χ1n) is 11.5. The summed E-state index contributed by atoms with van der Waals surface area (Å²) in [5.41, 5.74) is 2.10. The maximum atomic E-state index is 14.1. The lowest BCUT2D eigenvalue weighted by Gasteiger charge is -2.38. The van der Waals surface area contributed by atoms with Crippen LogP contribution in [-0.4, -0.2) is 53.8 Å². The van der Waals surface area contributed by atoms with Crippen molar-refractivity contribution < 1.29 is 13.9 Å². The minimum absolute atomic E-state index is 0.000189. The first-order chi connectivity index (χ1) is 16.5. The van der Waals surface area contributed by atoms with E-state index in [2.05, 4.69) is 29.0 Å². The fourth-order valence-electron chi connectivity index (χ4n) is 4.34. The predicted octanol–water partition coefficient (Wildman–Crippen LogP) is 5.29. The number of hydrogen-bond donors (Lipinski definition) is 1. The van der Waals surface area contributed by atoms with Gasteiger partial charge >= 0.3 is 0 Å². The zero-order valence-electron chi connectivity index (χ0n) is 19.3. The van der Waals surface area contributed by atoms with Gasteiger partial charge in [0.05, 0.1) is 11.1 Å². The highest BCUT2D eigenvalue weighted by molar-refractivity contribution is 6.07. The molecule has 1 amide bonds. The number of ether oxygens (including phenoxy) is 1. The number of benzene rings is 3. The summed E-state index contributed by atoms with van der Waals surface area (Å²) in [5, 5.41) is 2.82. The van der Waals surface area contributed by atoms with Crippen LogP contribution in [0.2, 0.25) is 0 Å². The number of nitrogens with one attached hydrogen (secondary N) is 1. The van der Waals surface area contributed by atoms with Gasteiger partial charge < -0.3 is 15.0 Å². The Labute approximate surface area is 198 Å². The number of aliphatic imine (C=N–C) groups is 1. The maximum Gasteiger partial charge on any atom is 0.258 e. The summed E-state index contributed by atoms with van der Waals surface area (Å²) in [6.45, 7) is 7.98. The SMILES string of the molecule is CC(C)N1CCN(C2=Nc3ccccc3Oc3ccc(NC(=O)c4ccccc4F)cc32)CC1. The molecule has 3 aromatic carbocycles. The first-order valence-corrected chi connectivity index (χ1v) is 11.5. The van der Waals surface area contributed by atoms with Crippen molar-refractivity contribution in [2.24, 2.45) is 4.99 Å². The Hall–Kier alpha value is -3.71. The number of carbonyl (C=O) groups excluding carboxylic acids is 1. The topological polar surface area (TPSA) is 57.2 Å². The van der Waals surface area contributed by atoms with E-state index in [0.29, 0.717) is 23.2 Å². The summed E-state index contributed by atoms with van der Waals surface area (Å²) in [6.07, 6.45) is 0. The highest BCUT2D eigenvalue weighted by Crippen LogP contribution is 2.39. The van der Waals surface area contributed by atoms with Gasteiger partial charge in [0, 0.05) is 37.9 Å². The number of nitrogens with zero attached hydrogens (tertiary/aromatic N) is 3. The number of amidine groups is 1. The summed E-state index contributed by atoms with van der Waals surface area (Å²) in [7, 11) is 0. The standard InChI is InChI=1S/C27H27FN4O2/c1-18(2)31-13-15-32(16-14-31)26-21-17-19(29-27(33)20-7-3-4-8-22(20)28)11-12-24(21)34-25-10-6-5-9-23(25)30-26/h3-12,17-18H,13-16H2,1-2H3,(H,29,33). The fraction of sp³-hybridized carbons (Fsp3) is 0.259. The molecule has 0 unspecified atom stereocenters. The van der Waals surface area contributed by atoms with Crippen LogP contribution in [0.3, 0.4) is 0 Å². The van der Waals surface area contributed by atoms with E-state index in [-0.39, 0.29) is 5.56 Å². The molecule has 2 heterocycles.